The number of nitrogens with one attached hydrogen (secondary N) is 1. The van der Waals surface area contributed by atoms with E-state index in [1.807, 2.05) is 38.1 Å². The van der Waals surface area contributed by atoms with Crippen molar-refractivity contribution < 1.29 is 17.7 Å². The third-order valence-corrected chi connectivity index (χ3v) is 8.34. The molecule has 1 aliphatic carbocycles. The summed E-state index contributed by atoms with van der Waals surface area (Å²) in [5.41, 5.74) is 4.48. The molecule has 0 spiro atoms. The number of rotatable bonds is 8. The summed E-state index contributed by atoms with van der Waals surface area (Å²) in [6, 6.07) is 10.5. The second kappa shape index (κ2) is 10.3. The van der Waals surface area contributed by atoms with Crippen LogP contribution in [0.5, 0.6) is 5.75 Å². The SMILES string of the molecule is Cc1ccc(Cl)cc1-n1cc(COc2ccc(-c3c(C)noc3C)cc2S(=O)(=O)NC2CCCC2)nn1. The number of nitrogens with zero attached hydrogens (tertiary/aromatic N) is 4. The van der Waals surface area contributed by atoms with Gasteiger partial charge in [-0.2, -0.15) is 0 Å². The molecular formula is C26H28ClN5O4S. The van der Waals surface area contributed by atoms with Gasteiger partial charge >= 0.3 is 0 Å². The molecule has 0 saturated heterocycles. The highest BCUT2D eigenvalue weighted by Gasteiger charge is 2.27. The van der Waals surface area contributed by atoms with Crippen LogP contribution in [0.1, 0.15) is 48.4 Å². The fourth-order valence-electron chi connectivity index (χ4n) is 4.68. The normalized spacial score (nSPS) is 14.4. The summed E-state index contributed by atoms with van der Waals surface area (Å²) in [5, 5.41) is 13.0. The molecule has 2 aromatic carbocycles. The predicted octanol–water partition coefficient (Wildman–Crippen LogP) is 5.30. The van der Waals surface area contributed by atoms with Crippen LogP contribution in [-0.2, 0) is 16.6 Å². The van der Waals surface area contributed by atoms with Gasteiger partial charge in [-0.25, -0.2) is 17.8 Å². The fraction of sp³-hybridized carbons (Fsp3) is 0.346. The molecule has 1 saturated carbocycles. The Kier molecular flexibility index (Phi) is 7.06. The Morgan fingerprint density at radius 1 is 1.14 bits per heavy atom. The molecule has 37 heavy (non-hydrogen) atoms. The smallest absolute Gasteiger partial charge is 0.244 e. The standard InChI is InChI=1S/C26H28ClN5O4S/c1-16-8-10-20(27)13-23(16)32-14-22(28-31-32)15-35-24-11-9-19(26-17(2)29-36-18(26)3)12-25(24)37(33,34)30-21-6-4-5-7-21/h8-14,21,30H,4-7,15H2,1-3H3. The van der Waals surface area contributed by atoms with Crippen molar-refractivity contribution in [3.63, 3.8) is 0 Å². The van der Waals surface area contributed by atoms with Crippen molar-refractivity contribution in [1.82, 2.24) is 24.9 Å². The molecule has 5 rings (SSSR count). The van der Waals surface area contributed by atoms with Gasteiger partial charge in [0.2, 0.25) is 10.0 Å². The number of hydrogen-bond acceptors (Lipinski definition) is 7. The van der Waals surface area contributed by atoms with E-state index in [0.717, 1.165) is 42.5 Å². The molecule has 0 aliphatic heterocycles. The Labute approximate surface area is 220 Å². The van der Waals surface area contributed by atoms with E-state index in [2.05, 4.69) is 20.2 Å². The molecule has 9 nitrogen and oxygen atoms in total. The van der Waals surface area contributed by atoms with Gasteiger partial charge < -0.3 is 9.26 Å². The third-order valence-electron chi connectivity index (χ3n) is 6.57. The first-order valence-corrected chi connectivity index (χ1v) is 14.0. The molecule has 1 aliphatic rings. The van der Waals surface area contributed by atoms with Crippen LogP contribution in [0.2, 0.25) is 5.02 Å². The monoisotopic (exact) mass is 541 g/mol. The highest BCUT2D eigenvalue weighted by Crippen LogP contribution is 2.34. The Morgan fingerprint density at radius 2 is 1.92 bits per heavy atom. The maximum atomic E-state index is 13.5. The third kappa shape index (κ3) is 5.41. The average Bonchev–Trinajstić information content (AvgIpc) is 3.61. The van der Waals surface area contributed by atoms with Crippen LogP contribution in [0.15, 0.2) is 52.0 Å². The van der Waals surface area contributed by atoms with Crippen LogP contribution in [0.4, 0.5) is 0 Å². The molecule has 0 unspecified atom stereocenters. The van der Waals surface area contributed by atoms with Crippen molar-refractivity contribution in [1.29, 1.82) is 0 Å². The quantitative estimate of drug-likeness (QED) is 0.322. The number of benzene rings is 2. The van der Waals surface area contributed by atoms with Crippen molar-refractivity contribution in [2.75, 3.05) is 0 Å². The van der Waals surface area contributed by atoms with Crippen LogP contribution in [-0.4, -0.2) is 34.6 Å². The van der Waals surface area contributed by atoms with Crippen LogP contribution in [0.25, 0.3) is 16.8 Å². The van der Waals surface area contributed by atoms with E-state index in [0.29, 0.717) is 27.7 Å². The van der Waals surface area contributed by atoms with Crippen LogP contribution >= 0.6 is 11.6 Å². The summed E-state index contributed by atoms with van der Waals surface area (Å²) < 4.78 is 42.8. The molecule has 2 aromatic heterocycles. The summed E-state index contributed by atoms with van der Waals surface area (Å²) >= 11 is 6.15. The molecule has 11 heteroatoms. The lowest BCUT2D eigenvalue weighted by molar-refractivity contribution is 0.293. The predicted molar refractivity (Wildman–Crippen MR) is 139 cm³/mol. The van der Waals surface area contributed by atoms with Crippen LogP contribution in [0.3, 0.4) is 0 Å². The van der Waals surface area contributed by atoms with E-state index in [-0.39, 0.29) is 23.3 Å². The molecule has 0 amide bonds. The minimum Gasteiger partial charge on any atom is -0.486 e. The summed E-state index contributed by atoms with van der Waals surface area (Å²) in [4.78, 5) is 0.0648. The summed E-state index contributed by atoms with van der Waals surface area (Å²) in [7, 11) is -3.85. The molecule has 0 bridgehead atoms. The van der Waals surface area contributed by atoms with Crippen molar-refractivity contribution >= 4 is 21.6 Å². The lowest BCUT2D eigenvalue weighted by atomic mass is 10.0. The van der Waals surface area contributed by atoms with Crippen LogP contribution in [0, 0.1) is 20.8 Å². The van der Waals surface area contributed by atoms with Gasteiger partial charge in [-0.3, -0.25) is 0 Å². The Hall–Kier alpha value is -3.21. The van der Waals surface area contributed by atoms with Gasteiger partial charge in [0, 0.05) is 16.6 Å². The topological polar surface area (TPSA) is 112 Å². The lowest BCUT2D eigenvalue weighted by Crippen LogP contribution is -2.33. The molecule has 2 heterocycles. The summed E-state index contributed by atoms with van der Waals surface area (Å²) in [6.07, 6.45) is 5.41. The maximum absolute atomic E-state index is 13.5. The Bertz CT molecular complexity index is 1520. The minimum absolute atomic E-state index is 0.0379. The largest absolute Gasteiger partial charge is 0.486 e. The molecule has 0 radical (unpaired) electrons. The Morgan fingerprint density at radius 3 is 2.65 bits per heavy atom. The minimum atomic E-state index is -3.85. The molecular weight excluding hydrogens is 514 g/mol. The highest BCUT2D eigenvalue weighted by molar-refractivity contribution is 7.89. The van der Waals surface area contributed by atoms with Gasteiger partial charge in [-0.15, -0.1) is 5.10 Å². The molecule has 1 fully saturated rings. The first-order chi connectivity index (χ1) is 17.7. The molecule has 0 atom stereocenters. The van der Waals surface area contributed by atoms with Gasteiger partial charge in [0.1, 0.15) is 28.7 Å². The molecule has 4 aromatic rings. The van der Waals surface area contributed by atoms with Crippen molar-refractivity contribution in [3.8, 4) is 22.6 Å². The number of ether oxygens (including phenoxy) is 1. The second-order valence-corrected chi connectivity index (χ2v) is 11.5. The van der Waals surface area contributed by atoms with Crippen molar-refractivity contribution in [2.45, 2.75) is 64.0 Å². The number of aromatic nitrogens is 4. The molecule has 1 N–H and O–H groups in total. The number of sulfonamides is 1. The maximum Gasteiger partial charge on any atom is 0.244 e. The highest BCUT2D eigenvalue weighted by atomic mass is 35.5. The summed E-state index contributed by atoms with van der Waals surface area (Å²) in [5.74, 6) is 0.848. The number of aryl methyl sites for hydroxylation is 3. The van der Waals surface area contributed by atoms with Crippen molar-refractivity contribution in [3.05, 3.63) is 70.3 Å². The lowest BCUT2D eigenvalue weighted by Gasteiger charge is -2.16. The van der Waals surface area contributed by atoms with Gasteiger partial charge in [0.15, 0.2) is 0 Å². The van der Waals surface area contributed by atoms with E-state index in [4.69, 9.17) is 20.9 Å². The van der Waals surface area contributed by atoms with Crippen molar-refractivity contribution in [2.24, 2.45) is 0 Å². The molecule has 194 valence electrons. The average molecular weight is 542 g/mol. The van der Waals surface area contributed by atoms with E-state index < -0.39 is 10.0 Å². The number of halogens is 1. The zero-order valence-electron chi connectivity index (χ0n) is 20.9. The van der Waals surface area contributed by atoms with E-state index >= 15 is 0 Å². The number of hydrogen-bond donors (Lipinski definition) is 1. The van der Waals surface area contributed by atoms with Gasteiger partial charge in [-0.1, -0.05) is 46.9 Å². The van der Waals surface area contributed by atoms with E-state index in [9.17, 15) is 8.42 Å². The first kappa shape index (κ1) is 25.4. The summed E-state index contributed by atoms with van der Waals surface area (Å²) in [6.45, 7) is 5.62. The van der Waals surface area contributed by atoms with Gasteiger partial charge in [-0.05, 0) is 69.0 Å². The first-order valence-electron chi connectivity index (χ1n) is 12.1. The van der Waals surface area contributed by atoms with E-state index in [1.54, 1.807) is 29.9 Å². The zero-order valence-corrected chi connectivity index (χ0v) is 22.4. The second-order valence-electron chi connectivity index (χ2n) is 9.34. The van der Waals surface area contributed by atoms with Crippen LogP contribution < -0.4 is 9.46 Å². The van der Waals surface area contributed by atoms with E-state index in [1.165, 1.54) is 0 Å². The van der Waals surface area contributed by atoms with Gasteiger partial charge in [0.25, 0.3) is 0 Å². The van der Waals surface area contributed by atoms with Gasteiger partial charge in [0.05, 0.1) is 17.6 Å². The zero-order chi connectivity index (χ0) is 26.2. The Balaban J connectivity index is 1.45. The fourth-order valence-corrected chi connectivity index (χ4v) is 6.32.